The predicted molar refractivity (Wildman–Crippen MR) is 75.4 cm³/mol. The Hall–Kier alpha value is -1.06. The minimum absolute atomic E-state index is 0.641. The molecule has 3 heteroatoms. The molecule has 1 aromatic carbocycles. The van der Waals surface area contributed by atoms with Gasteiger partial charge in [0.05, 0.1) is 7.11 Å². The van der Waals surface area contributed by atoms with Gasteiger partial charge in [-0.25, -0.2) is 0 Å². The molecular weight excluding hydrogens is 224 g/mol. The van der Waals surface area contributed by atoms with Gasteiger partial charge in [-0.2, -0.15) is 0 Å². The molecule has 0 radical (unpaired) electrons. The van der Waals surface area contributed by atoms with Gasteiger partial charge in [0.15, 0.2) is 0 Å². The van der Waals surface area contributed by atoms with Crippen LogP contribution in [0.15, 0.2) is 12.1 Å². The topological polar surface area (TPSA) is 33.3 Å². The van der Waals surface area contributed by atoms with Gasteiger partial charge < -0.3 is 15.4 Å². The Morgan fingerprint density at radius 1 is 1.39 bits per heavy atom. The Morgan fingerprint density at radius 2 is 2.22 bits per heavy atom. The Balaban J connectivity index is 1.95. The van der Waals surface area contributed by atoms with Crippen LogP contribution in [0.3, 0.4) is 0 Å². The summed E-state index contributed by atoms with van der Waals surface area (Å²) in [6.45, 7) is 7.55. The van der Waals surface area contributed by atoms with Gasteiger partial charge >= 0.3 is 0 Å². The Kier molecular flexibility index (Phi) is 4.61. The molecule has 0 spiro atoms. The van der Waals surface area contributed by atoms with Crippen LogP contribution in [0.25, 0.3) is 0 Å². The van der Waals surface area contributed by atoms with E-state index < -0.39 is 0 Å². The summed E-state index contributed by atoms with van der Waals surface area (Å²) < 4.78 is 5.49. The quantitative estimate of drug-likeness (QED) is 0.834. The SMILES string of the molecule is COc1cc(C)cc(C)c1CCNC1CCNC1. The van der Waals surface area contributed by atoms with Crippen LogP contribution in [0, 0.1) is 13.8 Å². The van der Waals surface area contributed by atoms with Crippen LogP contribution in [-0.2, 0) is 6.42 Å². The maximum Gasteiger partial charge on any atom is 0.122 e. The highest BCUT2D eigenvalue weighted by Crippen LogP contribution is 2.24. The van der Waals surface area contributed by atoms with Crippen molar-refractivity contribution in [1.82, 2.24) is 10.6 Å². The van der Waals surface area contributed by atoms with Gasteiger partial charge in [0.2, 0.25) is 0 Å². The van der Waals surface area contributed by atoms with Gasteiger partial charge in [0.1, 0.15) is 5.75 Å². The monoisotopic (exact) mass is 248 g/mol. The second-order valence-corrected chi connectivity index (χ2v) is 5.16. The molecule has 1 aliphatic rings. The summed E-state index contributed by atoms with van der Waals surface area (Å²) in [7, 11) is 1.76. The molecule has 1 saturated heterocycles. The van der Waals surface area contributed by atoms with E-state index in [0.29, 0.717) is 6.04 Å². The summed E-state index contributed by atoms with van der Waals surface area (Å²) >= 11 is 0. The molecule has 1 unspecified atom stereocenters. The Bertz CT molecular complexity index is 398. The van der Waals surface area contributed by atoms with Crippen LogP contribution in [0.1, 0.15) is 23.1 Å². The molecule has 2 rings (SSSR count). The summed E-state index contributed by atoms with van der Waals surface area (Å²) in [5.74, 6) is 1.03. The lowest BCUT2D eigenvalue weighted by Crippen LogP contribution is -2.32. The Labute approximate surface area is 110 Å². The molecule has 1 aromatic rings. The largest absolute Gasteiger partial charge is 0.496 e. The first-order valence-corrected chi connectivity index (χ1v) is 6.79. The second kappa shape index (κ2) is 6.21. The van der Waals surface area contributed by atoms with E-state index in [0.717, 1.165) is 31.8 Å². The van der Waals surface area contributed by atoms with Gasteiger partial charge in [0.25, 0.3) is 0 Å². The van der Waals surface area contributed by atoms with Crippen LogP contribution in [0.4, 0.5) is 0 Å². The Morgan fingerprint density at radius 3 is 2.89 bits per heavy atom. The molecule has 1 heterocycles. The molecule has 2 N–H and O–H groups in total. The molecule has 1 aliphatic heterocycles. The van der Waals surface area contributed by atoms with Gasteiger partial charge in [0, 0.05) is 12.6 Å². The maximum atomic E-state index is 5.49. The fourth-order valence-corrected chi connectivity index (χ4v) is 2.69. The van der Waals surface area contributed by atoms with Crippen molar-refractivity contribution in [3.8, 4) is 5.75 Å². The van der Waals surface area contributed by atoms with Gasteiger partial charge in [-0.15, -0.1) is 0 Å². The normalized spacial score (nSPS) is 19.2. The number of nitrogens with one attached hydrogen (secondary N) is 2. The lowest BCUT2D eigenvalue weighted by molar-refractivity contribution is 0.407. The number of hydrogen-bond acceptors (Lipinski definition) is 3. The number of aryl methyl sites for hydroxylation is 2. The van der Waals surface area contributed by atoms with Crippen molar-refractivity contribution in [3.05, 3.63) is 28.8 Å². The standard InChI is InChI=1S/C15H24N2O/c1-11-8-12(2)14(15(9-11)18-3)5-7-17-13-4-6-16-10-13/h8-9,13,16-17H,4-7,10H2,1-3H3. The molecule has 18 heavy (non-hydrogen) atoms. The fraction of sp³-hybridized carbons (Fsp3) is 0.600. The van der Waals surface area contributed by atoms with E-state index in [2.05, 4.69) is 36.6 Å². The van der Waals surface area contributed by atoms with E-state index >= 15 is 0 Å². The average molecular weight is 248 g/mol. The highest BCUT2D eigenvalue weighted by molar-refractivity contribution is 5.43. The number of ether oxygens (including phenoxy) is 1. The molecule has 0 bridgehead atoms. The van der Waals surface area contributed by atoms with Crippen molar-refractivity contribution >= 4 is 0 Å². The first kappa shape index (κ1) is 13.4. The molecule has 100 valence electrons. The highest BCUT2D eigenvalue weighted by Gasteiger charge is 2.14. The van der Waals surface area contributed by atoms with E-state index in [1.165, 1.54) is 23.1 Å². The van der Waals surface area contributed by atoms with E-state index in [1.807, 2.05) is 0 Å². The first-order valence-electron chi connectivity index (χ1n) is 6.79. The minimum atomic E-state index is 0.641. The van der Waals surface area contributed by atoms with E-state index in [4.69, 9.17) is 4.74 Å². The summed E-state index contributed by atoms with van der Waals surface area (Å²) in [5, 5.41) is 6.98. The van der Waals surface area contributed by atoms with E-state index in [1.54, 1.807) is 7.11 Å². The van der Waals surface area contributed by atoms with Crippen LogP contribution in [-0.4, -0.2) is 32.8 Å². The van der Waals surface area contributed by atoms with E-state index in [9.17, 15) is 0 Å². The lowest BCUT2D eigenvalue weighted by Gasteiger charge is -2.15. The van der Waals surface area contributed by atoms with Crippen molar-refractivity contribution in [1.29, 1.82) is 0 Å². The third-order valence-corrected chi connectivity index (χ3v) is 3.66. The molecule has 0 aliphatic carbocycles. The number of rotatable bonds is 5. The molecule has 1 atom stereocenters. The average Bonchev–Trinajstić information content (AvgIpc) is 2.84. The summed E-state index contributed by atoms with van der Waals surface area (Å²) in [6, 6.07) is 5.00. The molecule has 0 aromatic heterocycles. The number of benzene rings is 1. The third kappa shape index (κ3) is 3.24. The molecule has 3 nitrogen and oxygen atoms in total. The number of hydrogen-bond donors (Lipinski definition) is 2. The summed E-state index contributed by atoms with van der Waals surface area (Å²) in [6.07, 6.45) is 2.27. The van der Waals surface area contributed by atoms with E-state index in [-0.39, 0.29) is 0 Å². The van der Waals surface area contributed by atoms with Gasteiger partial charge in [-0.05, 0) is 62.5 Å². The second-order valence-electron chi connectivity index (χ2n) is 5.16. The molecule has 1 fully saturated rings. The van der Waals surface area contributed by atoms with Crippen LogP contribution >= 0.6 is 0 Å². The first-order chi connectivity index (χ1) is 8.70. The zero-order valence-corrected chi connectivity index (χ0v) is 11.7. The highest BCUT2D eigenvalue weighted by atomic mass is 16.5. The number of methoxy groups -OCH3 is 1. The maximum absolute atomic E-state index is 5.49. The van der Waals surface area contributed by atoms with Crippen LogP contribution in [0.2, 0.25) is 0 Å². The third-order valence-electron chi connectivity index (χ3n) is 3.66. The minimum Gasteiger partial charge on any atom is -0.496 e. The smallest absolute Gasteiger partial charge is 0.122 e. The van der Waals surface area contributed by atoms with Crippen LogP contribution in [0.5, 0.6) is 5.75 Å². The summed E-state index contributed by atoms with van der Waals surface area (Å²) in [4.78, 5) is 0. The predicted octanol–water partition coefficient (Wildman–Crippen LogP) is 1.81. The fourth-order valence-electron chi connectivity index (χ4n) is 2.69. The van der Waals surface area contributed by atoms with Crippen molar-refractivity contribution in [2.45, 2.75) is 32.7 Å². The van der Waals surface area contributed by atoms with Gasteiger partial charge in [-0.1, -0.05) is 6.07 Å². The van der Waals surface area contributed by atoms with Crippen molar-refractivity contribution in [2.24, 2.45) is 0 Å². The van der Waals surface area contributed by atoms with Gasteiger partial charge in [-0.3, -0.25) is 0 Å². The summed E-state index contributed by atoms with van der Waals surface area (Å²) in [5.41, 5.74) is 3.93. The zero-order valence-electron chi connectivity index (χ0n) is 11.7. The lowest BCUT2D eigenvalue weighted by atomic mass is 10.0. The molecular formula is C15H24N2O. The van der Waals surface area contributed by atoms with Crippen molar-refractivity contribution in [2.75, 3.05) is 26.7 Å². The van der Waals surface area contributed by atoms with Crippen molar-refractivity contribution < 1.29 is 4.74 Å². The van der Waals surface area contributed by atoms with Crippen LogP contribution < -0.4 is 15.4 Å². The molecule has 0 saturated carbocycles. The molecule has 0 amide bonds. The van der Waals surface area contributed by atoms with Crippen molar-refractivity contribution in [3.63, 3.8) is 0 Å². The zero-order chi connectivity index (χ0) is 13.0.